The summed E-state index contributed by atoms with van der Waals surface area (Å²) in [5.41, 5.74) is 1.90. The fraction of sp³-hybridized carbons (Fsp3) is 0.316. The predicted molar refractivity (Wildman–Crippen MR) is 116 cm³/mol. The van der Waals surface area contributed by atoms with Crippen molar-refractivity contribution in [3.05, 3.63) is 41.6 Å². The Bertz CT molecular complexity index is 1260. The summed E-state index contributed by atoms with van der Waals surface area (Å²) in [5, 5.41) is 22.8. The Hall–Kier alpha value is -2.77. The minimum absolute atomic E-state index is 0.129. The molecule has 2 heterocycles. The van der Waals surface area contributed by atoms with Gasteiger partial charge in [0.25, 0.3) is 0 Å². The van der Waals surface area contributed by atoms with Crippen molar-refractivity contribution in [3.8, 4) is 17.0 Å². The number of aliphatic hydroxyl groups is 1. The van der Waals surface area contributed by atoms with Crippen LogP contribution in [-0.4, -0.2) is 59.8 Å². The summed E-state index contributed by atoms with van der Waals surface area (Å²) in [6.45, 7) is -0.403. The second-order valence-electron chi connectivity index (χ2n) is 7.31. The number of fused-ring (bicyclic) bond motifs is 1. The summed E-state index contributed by atoms with van der Waals surface area (Å²) in [7, 11) is -2.60. The molecule has 0 saturated heterocycles. The molecule has 3 atom stereocenters. The minimum atomic E-state index is -4.18. The lowest BCUT2D eigenvalue weighted by molar-refractivity contribution is -0.126. The molecule has 2 aromatic heterocycles. The number of halogens is 1. The van der Waals surface area contributed by atoms with Crippen LogP contribution in [0.1, 0.15) is 6.42 Å². The van der Waals surface area contributed by atoms with E-state index in [0.717, 1.165) is 5.56 Å². The van der Waals surface area contributed by atoms with Crippen LogP contribution in [0.15, 0.2) is 36.4 Å². The topological polar surface area (TPSA) is 158 Å². The van der Waals surface area contributed by atoms with E-state index in [1.165, 1.54) is 10.6 Å². The van der Waals surface area contributed by atoms with Crippen LogP contribution in [-0.2, 0) is 19.3 Å². The molecule has 32 heavy (non-hydrogen) atoms. The van der Waals surface area contributed by atoms with E-state index in [1.54, 1.807) is 25.3 Å². The van der Waals surface area contributed by atoms with E-state index in [1.807, 2.05) is 12.1 Å². The lowest BCUT2D eigenvalue weighted by atomic mass is 10.1. The number of benzene rings is 1. The SMILES string of the molecule is COc1ccc(-c2cc3nc(Cl)cc(N[C@@H]4C[C@H](COS(N)(=O)=O)[C@@H](O)C4=O)n3n2)cc1. The standard InChI is InChI=1S/C19H20ClN5O6S/c1-30-12-4-2-10(3-5-12)13-7-16-23-15(20)8-17(25(16)24-13)22-14-6-11(18(26)19(14)27)9-31-32(21,28)29/h2-5,7-8,11,14,18,22,26H,6,9H2,1H3,(H2,21,28,29)/t11-,14-,18-/m1/s1. The Morgan fingerprint density at radius 1 is 1.31 bits per heavy atom. The highest BCUT2D eigenvalue weighted by molar-refractivity contribution is 7.84. The lowest BCUT2D eigenvalue weighted by Crippen LogP contribution is -2.31. The molecule has 13 heteroatoms. The number of ketones is 1. The normalized spacial score (nSPS) is 21.2. The van der Waals surface area contributed by atoms with Gasteiger partial charge in [-0.3, -0.25) is 8.98 Å². The van der Waals surface area contributed by atoms with Crippen LogP contribution in [0, 0.1) is 5.92 Å². The van der Waals surface area contributed by atoms with Gasteiger partial charge in [0.2, 0.25) is 0 Å². The third kappa shape index (κ3) is 4.69. The highest BCUT2D eigenvalue weighted by Crippen LogP contribution is 2.29. The predicted octanol–water partition coefficient (Wildman–Crippen LogP) is 1.01. The maximum Gasteiger partial charge on any atom is 0.333 e. The monoisotopic (exact) mass is 481 g/mol. The van der Waals surface area contributed by atoms with Crippen molar-refractivity contribution >= 4 is 39.2 Å². The Kier molecular flexibility index (Phi) is 6.05. The van der Waals surface area contributed by atoms with Crippen LogP contribution in [0.25, 0.3) is 16.9 Å². The zero-order valence-electron chi connectivity index (χ0n) is 16.8. The molecule has 1 aliphatic rings. The smallest absolute Gasteiger partial charge is 0.333 e. The van der Waals surface area contributed by atoms with Gasteiger partial charge in [-0.25, -0.2) is 10.1 Å². The average Bonchev–Trinajstić information content (AvgIpc) is 3.28. The Balaban J connectivity index is 1.60. The van der Waals surface area contributed by atoms with E-state index < -0.39 is 40.8 Å². The van der Waals surface area contributed by atoms with Crippen molar-refractivity contribution in [2.24, 2.45) is 11.1 Å². The number of carbonyl (C=O) groups excluding carboxylic acids is 1. The number of hydrogen-bond donors (Lipinski definition) is 3. The lowest BCUT2D eigenvalue weighted by Gasteiger charge is -2.14. The molecule has 0 bridgehead atoms. The average molecular weight is 482 g/mol. The van der Waals surface area contributed by atoms with E-state index in [-0.39, 0.29) is 11.6 Å². The van der Waals surface area contributed by atoms with Gasteiger partial charge in [0, 0.05) is 23.6 Å². The summed E-state index contributed by atoms with van der Waals surface area (Å²) < 4.78 is 33.3. The summed E-state index contributed by atoms with van der Waals surface area (Å²) in [5.74, 6) is -0.145. The molecular formula is C19H20ClN5O6S. The van der Waals surface area contributed by atoms with Gasteiger partial charge < -0.3 is 15.2 Å². The summed E-state index contributed by atoms with van der Waals surface area (Å²) in [4.78, 5) is 16.8. The minimum Gasteiger partial charge on any atom is -0.497 e. The van der Waals surface area contributed by atoms with Gasteiger partial charge in [-0.1, -0.05) is 11.6 Å². The van der Waals surface area contributed by atoms with Gasteiger partial charge in [0.1, 0.15) is 22.8 Å². The van der Waals surface area contributed by atoms with Crippen molar-refractivity contribution in [2.75, 3.05) is 19.0 Å². The molecule has 0 spiro atoms. The number of hydrogen-bond acceptors (Lipinski definition) is 9. The molecule has 170 valence electrons. The van der Waals surface area contributed by atoms with Crippen LogP contribution in [0.4, 0.5) is 5.82 Å². The molecular weight excluding hydrogens is 462 g/mol. The molecule has 0 unspecified atom stereocenters. The second kappa shape index (κ2) is 8.64. The Labute approximate surface area is 188 Å². The van der Waals surface area contributed by atoms with E-state index in [4.69, 9.17) is 21.5 Å². The highest BCUT2D eigenvalue weighted by Gasteiger charge is 2.42. The van der Waals surface area contributed by atoms with Crippen molar-refractivity contribution < 1.29 is 27.2 Å². The number of anilines is 1. The molecule has 4 rings (SSSR count). The number of nitrogens with one attached hydrogen (secondary N) is 1. The number of nitrogens with two attached hydrogens (primary N) is 1. The number of rotatable bonds is 7. The number of ether oxygens (including phenoxy) is 1. The quantitative estimate of drug-likeness (QED) is 0.418. The van der Waals surface area contributed by atoms with Crippen LogP contribution in [0.2, 0.25) is 5.15 Å². The number of carbonyl (C=O) groups is 1. The molecule has 3 aromatic rings. The van der Waals surface area contributed by atoms with Gasteiger partial charge in [-0.2, -0.15) is 18.0 Å². The van der Waals surface area contributed by atoms with E-state index >= 15 is 0 Å². The van der Waals surface area contributed by atoms with E-state index in [0.29, 0.717) is 22.9 Å². The number of Topliss-reactive ketones (excluding diaryl/α,β-unsaturated/α-hetero) is 1. The van der Waals surface area contributed by atoms with Gasteiger partial charge >= 0.3 is 10.3 Å². The van der Waals surface area contributed by atoms with Gasteiger partial charge in [-0.15, -0.1) is 0 Å². The summed E-state index contributed by atoms with van der Waals surface area (Å²) in [6, 6.07) is 9.75. The Morgan fingerprint density at radius 2 is 2.03 bits per heavy atom. The van der Waals surface area contributed by atoms with Gasteiger partial charge in [0.05, 0.1) is 25.5 Å². The highest BCUT2D eigenvalue weighted by atomic mass is 35.5. The van der Waals surface area contributed by atoms with Crippen molar-refractivity contribution in [3.63, 3.8) is 0 Å². The molecule has 1 saturated carbocycles. The first-order valence-corrected chi connectivity index (χ1v) is 11.4. The molecule has 1 aliphatic carbocycles. The molecule has 1 aromatic carbocycles. The molecule has 0 radical (unpaired) electrons. The molecule has 4 N–H and O–H groups in total. The maximum atomic E-state index is 12.5. The fourth-order valence-electron chi connectivity index (χ4n) is 3.59. The Morgan fingerprint density at radius 3 is 2.69 bits per heavy atom. The maximum absolute atomic E-state index is 12.5. The van der Waals surface area contributed by atoms with E-state index in [9.17, 15) is 18.3 Å². The fourth-order valence-corrected chi connectivity index (χ4v) is 4.14. The zero-order chi connectivity index (χ0) is 23.0. The number of nitrogens with zero attached hydrogens (tertiary/aromatic N) is 3. The third-order valence-electron chi connectivity index (χ3n) is 5.17. The van der Waals surface area contributed by atoms with Crippen LogP contribution in [0.5, 0.6) is 5.75 Å². The van der Waals surface area contributed by atoms with Crippen LogP contribution < -0.4 is 15.2 Å². The van der Waals surface area contributed by atoms with Crippen molar-refractivity contribution in [1.82, 2.24) is 14.6 Å². The number of aromatic nitrogens is 3. The first-order valence-electron chi connectivity index (χ1n) is 9.51. The largest absolute Gasteiger partial charge is 0.497 e. The van der Waals surface area contributed by atoms with Crippen molar-refractivity contribution in [1.29, 1.82) is 0 Å². The molecule has 0 amide bonds. The van der Waals surface area contributed by atoms with Gasteiger partial charge in [0.15, 0.2) is 11.4 Å². The first kappa shape index (κ1) is 22.4. The van der Waals surface area contributed by atoms with Gasteiger partial charge in [-0.05, 0) is 30.7 Å². The summed E-state index contributed by atoms with van der Waals surface area (Å²) >= 11 is 6.15. The molecule has 1 fully saturated rings. The third-order valence-corrected chi connectivity index (χ3v) is 5.83. The van der Waals surface area contributed by atoms with Crippen LogP contribution in [0.3, 0.4) is 0 Å². The van der Waals surface area contributed by atoms with Crippen LogP contribution >= 0.6 is 11.6 Å². The summed E-state index contributed by atoms with van der Waals surface area (Å²) in [6.07, 6.45) is -1.27. The van der Waals surface area contributed by atoms with E-state index in [2.05, 4.69) is 19.6 Å². The van der Waals surface area contributed by atoms with Crippen molar-refractivity contribution in [2.45, 2.75) is 18.6 Å². The second-order valence-corrected chi connectivity index (χ2v) is 8.92. The first-order chi connectivity index (χ1) is 15.1. The number of aliphatic hydroxyl groups excluding tert-OH is 1. The zero-order valence-corrected chi connectivity index (χ0v) is 18.4. The molecule has 0 aliphatic heterocycles. The molecule has 11 nitrogen and oxygen atoms in total. The number of methoxy groups -OCH3 is 1.